The quantitative estimate of drug-likeness (QED) is 0.851. The van der Waals surface area contributed by atoms with Gasteiger partial charge in [-0.3, -0.25) is 0 Å². The predicted molar refractivity (Wildman–Crippen MR) is 69.1 cm³/mol. The summed E-state index contributed by atoms with van der Waals surface area (Å²) in [6.45, 7) is 5.04. The van der Waals surface area contributed by atoms with Crippen molar-refractivity contribution in [3.05, 3.63) is 46.8 Å². The highest BCUT2D eigenvalue weighted by molar-refractivity contribution is 6.31. The second-order valence-electron chi connectivity index (χ2n) is 4.67. The van der Waals surface area contributed by atoms with Crippen LogP contribution in [0.1, 0.15) is 25.2 Å². The van der Waals surface area contributed by atoms with Crippen molar-refractivity contribution in [1.82, 2.24) is 14.8 Å². The summed E-state index contributed by atoms with van der Waals surface area (Å²) in [6.07, 6.45) is 2.03. The van der Waals surface area contributed by atoms with Gasteiger partial charge in [-0.1, -0.05) is 31.5 Å². The number of hydrogen-bond acceptors (Lipinski definition) is 2. The van der Waals surface area contributed by atoms with E-state index in [1.807, 2.05) is 4.57 Å². The standard InChI is InChI=1S/C13H15ClFN3/c1-9(2)7-18-8-16-17-13(18)6-10-11(14)4-3-5-12(10)15/h3-5,8-9H,6-7H2,1-2H3. The third-order valence-corrected chi connectivity index (χ3v) is 3.01. The molecule has 0 saturated carbocycles. The molecule has 0 saturated heterocycles. The van der Waals surface area contributed by atoms with Crippen LogP contribution >= 0.6 is 11.6 Å². The fraction of sp³-hybridized carbons (Fsp3) is 0.385. The highest BCUT2D eigenvalue weighted by Crippen LogP contribution is 2.21. The highest BCUT2D eigenvalue weighted by atomic mass is 35.5. The molecule has 0 bridgehead atoms. The Morgan fingerprint density at radius 2 is 2.17 bits per heavy atom. The first-order valence-corrected chi connectivity index (χ1v) is 6.25. The van der Waals surface area contributed by atoms with Crippen LogP contribution in [0.5, 0.6) is 0 Å². The van der Waals surface area contributed by atoms with Gasteiger partial charge in [0.25, 0.3) is 0 Å². The molecule has 5 heteroatoms. The van der Waals surface area contributed by atoms with Crippen molar-refractivity contribution in [2.75, 3.05) is 0 Å². The lowest BCUT2D eigenvalue weighted by Crippen LogP contribution is -2.09. The molecule has 96 valence electrons. The lowest BCUT2D eigenvalue weighted by molar-refractivity contribution is 0.507. The van der Waals surface area contributed by atoms with Gasteiger partial charge in [-0.25, -0.2) is 4.39 Å². The Morgan fingerprint density at radius 1 is 1.39 bits per heavy atom. The molecule has 1 aromatic heterocycles. The van der Waals surface area contributed by atoms with Gasteiger partial charge in [0.1, 0.15) is 18.0 Å². The number of aromatic nitrogens is 3. The maximum atomic E-state index is 13.7. The molecule has 3 nitrogen and oxygen atoms in total. The van der Waals surface area contributed by atoms with Crippen molar-refractivity contribution >= 4 is 11.6 Å². The number of nitrogens with zero attached hydrogens (tertiary/aromatic N) is 3. The monoisotopic (exact) mass is 267 g/mol. The molecule has 0 atom stereocenters. The minimum atomic E-state index is -0.304. The summed E-state index contributed by atoms with van der Waals surface area (Å²) in [6, 6.07) is 4.69. The fourth-order valence-electron chi connectivity index (χ4n) is 1.82. The normalized spacial score (nSPS) is 11.2. The first kappa shape index (κ1) is 13.0. The van der Waals surface area contributed by atoms with Crippen LogP contribution in [0.4, 0.5) is 4.39 Å². The van der Waals surface area contributed by atoms with Crippen molar-refractivity contribution in [2.45, 2.75) is 26.8 Å². The third kappa shape index (κ3) is 2.88. The van der Waals surface area contributed by atoms with E-state index >= 15 is 0 Å². The lowest BCUT2D eigenvalue weighted by Gasteiger charge is -2.10. The smallest absolute Gasteiger partial charge is 0.137 e. The lowest BCUT2D eigenvalue weighted by atomic mass is 10.1. The summed E-state index contributed by atoms with van der Waals surface area (Å²) >= 11 is 6.01. The molecule has 0 aliphatic carbocycles. The van der Waals surface area contributed by atoms with Crippen LogP contribution in [0.25, 0.3) is 0 Å². The van der Waals surface area contributed by atoms with E-state index in [1.165, 1.54) is 6.07 Å². The van der Waals surface area contributed by atoms with Crippen LogP contribution in [0.2, 0.25) is 5.02 Å². The fourth-order valence-corrected chi connectivity index (χ4v) is 2.05. The third-order valence-electron chi connectivity index (χ3n) is 2.65. The maximum absolute atomic E-state index is 13.7. The van der Waals surface area contributed by atoms with Gasteiger partial charge in [-0.15, -0.1) is 10.2 Å². The van der Waals surface area contributed by atoms with Gasteiger partial charge in [-0.05, 0) is 18.1 Å². The van der Waals surface area contributed by atoms with Crippen LogP contribution in [0.15, 0.2) is 24.5 Å². The zero-order valence-corrected chi connectivity index (χ0v) is 11.2. The molecular weight excluding hydrogens is 253 g/mol. The first-order chi connectivity index (χ1) is 8.58. The van der Waals surface area contributed by atoms with E-state index in [2.05, 4.69) is 24.0 Å². The predicted octanol–water partition coefficient (Wildman–Crippen LogP) is 3.32. The second-order valence-corrected chi connectivity index (χ2v) is 5.08. The SMILES string of the molecule is CC(C)Cn1cnnc1Cc1c(F)cccc1Cl. The van der Waals surface area contributed by atoms with Gasteiger partial charge in [0, 0.05) is 23.6 Å². The molecule has 18 heavy (non-hydrogen) atoms. The molecule has 0 spiro atoms. The molecule has 0 aliphatic heterocycles. The second kappa shape index (κ2) is 5.48. The van der Waals surface area contributed by atoms with E-state index in [4.69, 9.17) is 11.6 Å². The Hall–Kier alpha value is -1.42. The highest BCUT2D eigenvalue weighted by Gasteiger charge is 2.12. The number of halogens is 2. The Labute approximate surface area is 111 Å². The summed E-state index contributed by atoms with van der Waals surface area (Å²) in [5.74, 6) is 0.910. The van der Waals surface area contributed by atoms with Crippen LogP contribution in [0, 0.1) is 11.7 Å². The topological polar surface area (TPSA) is 30.7 Å². The molecule has 0 radical (unpaired) electrons. The summed E-state index contributed by atoms with van der Waals surface area (Å²) < 4.78 is 15.6. The summed E-state index contributed by atoms with van der Waals surface area (Å²) in [5.41, 5.74) is 0.470. The Morgan fingerprint density at radius 3 is 2.83 bits per heavy atom. The number of rotatable bonds is 4. The molecule has 2 aromatic rings. The number of benzene rings is 1. The van der Waals surface area contributed by atoms with Gasteiger partial charge in [-0.2, -0.15) is 0 Å². The molecule has 2 rings (SSSR count). The zero-order valence-electron chi connectivity index (χ0n) is 10.4. The Bertz CT molecular complexity index is 517. The molecule has 1 aromatic carbocycles. The zero-order chi connectivity index (χ0) is 13.1. The van der Waals surface area contributed by atoms with Gasteiger partial charge in [0.15, 0.2) is 0 Å². The van der Waals surface area contributed by atoms with E-state index in [1.54, 1.807) is 18.5 Å². The van der Waals surface area contributed by atoms with E-state index in [-0.39, 0.29) is 5.82 Å². The first-order valence-electron chi connectivity index (χ1n) is 5.87. The summed E-state index contributed by atoms with van der Waals surface area (Å²) in [7, 11) is 0. The van der Waals surface area contributed by atoms with Crippen LogP contribution in [-0.4, -0.2) is 14.8 Å². The van der Waals surface area contributed by atoms with Crippen LogP contribution in [-0.2, 0) is 13.0 Å². The molecule has 0 unspecified atom stereocenters. The largest absolute Gasteiger partial charge is 0.317 e. The van der Waals surface area contributed by atoms with Crippen LogP contribution < -0.4 is 0 Å². The summed E-state index contributed by atoms with van der Waals surface area (Å²) in [5, 5.41) is 8.34. The minimum absolute atomic E-state index is 0.304. The molecule has 1 heterocycles. The van der Waals surface area contributed by atoms with Gasteiger partial charge >= 0.3 is 0 Å². The van der Waals surface area contributed by atoms with Gasteiger partial charge < -0.3 is 4.57 Å². The van der Waals surface area contributed by atoms with Crippen molar-refractivity contribution in [3.8, 4) is 0 Å². The van der Waals surface area contributed by atoms with E-state index in [0.29, 0.717) is 22.9 Å². The van der Waals surface area contributed by atoms with Crippen molar-refractivity contribution in [2.24, 2.45) is 5.92 Å². The van der Waals surface area contributed by atoms with Crippen molar-refractivity contribution in [1.29, 1.82) is 0 Å². The molecule has 0 fully saturated rings. The average molecular weight is 268 g/mol. The van der Waals surface area contributed by atoms with Gasteiger partial charge in [0.2, 0.25) is 0 Å². The van der Waals surface area contributed by atoms with E-state index < -0.39 is 0 Å². The number of hydrogen-bond donors (Lipinski definition) is 0. The van der Waals surface area contributed by atoms with Crippen molar-refractivity contribution < 1.29 is 4.39 Å². The molecule has 0 aliphatic rings. The average Bonchev–Trinajstić information content (AvgIpc) is 2.70. The van der Waals surface area contributed by atoms with E-state index in [0.717, 1.165) is 12.4 Å². The van der Waals surface area contributed by atoms with Crippen molar-refractivity contribution in [3.63, 3.8) is 0 Å². The summed E-state index contributed by atoms with van der Waals surface area (Å²) in [4.78, 5) is 0. The molecule has 0 N–H and O–H groups in total. The molecular formula is C13H15ClFN3. The maximum Gasteiger partial charge on any atom is 0.137 e. The minimum Gasteiger partial charge on any atom is -0.317 e. The Kier molecular flexibility index (Phi) is 3.97. The molecule has 0 amide bonds. The van der Waals surface area contributed by atoms with E-state index in [9.17, 15) is 4.39 Å². The Balaban J connectivity index is 2.26. The van der Waals surface area contributed by atoms with Crippen LogP contribution in [0.3, 0.4) is 0 Å². The van der Waals surface area contributed by atoms with Gasteiger partial charge in [0.05, 0.1) is 0 Å².